The lowest BCUT2D eigenvalue weighted by molar-refractivity contribution is 0.608. The Morgan fingerprint density at radius 2 is 2.20 bits per heavy atom. The first kappa shape index (κ1) is 12.3. The highest BCUT2D eigenvalue weighted by Crippen LogP contribution is 2.23. The lowest BCUT2D eigenvalue weighted by Gasteiger charge is -2.16. The van der Waals surface area contributed by atoms with E-state index in [1.165, 1.54) is 11.1 Å². The average molecular weight is 266 g/mol. The molecule has 0 aliphatic heterocycles. The fourth-order valence-corrected chi connectivity index (χ4v) is 2.08. The van der Waals surface area contributed by atoms with Gasteiger partial charge in [-0.05, 0) is 44.2 Å². The molecule has 0 aliphatic carbocycles. The molecule has 80 valence electrons. The minimum Gasteiger partial charge on any atom is -0.312 e. The Labute approximate surface area is 100 Å². The Kier molecular flexibility index (Phi) is 4.87. The maximum Gasteiger partial charge on any atom is 0.0431 e. The van der Waals surface area contributed by atoms with Gasteiger partial charge in [0.25, 0.3) is 0 Å². The van der Waals surface area contributed by atoms with Crippen LogP contribution in [0.15, 0.2) is 22.7 Å². The van der Waals surface area contributed by atoms with Crippen LogP contribution in [0.1, 0.15) is 30.5 Å². The Morgan fingerprint density at radius 1 is 1.47 bits per heavy atom. The molecule has 0 bridgehead atoms. The first-order valence-electron chi connectivity index (χ1n) is 5.02. The van der Waals surface area contributed by atoms with E-state index in [2.05, 4.69) is 58.2 Å². The van der Waals surface area contributed by atoms with Gasteiger partial charge >= 0.3 is 0 Å². The van der Waals surface area contributed by atoms with Crippen LogP contribution in [0, 0.1) is 18.8 Å². The maximum absolute atomic E-state index is 3.47. The summed E-state index contributed by atoms with van der Waals surface area (Å²) in [5.74, 6) is 6.05. The number of hydrogen-bond donors (Lipinski definition) is 1. The number of hydrogen-bond acceptors (Lipinski definition) is 1. The molecule has 1 nitrogen and oxygen atoms in total. The highest BCUT2D eigenvalue weighted by atomic mass is 79.9. The summed E-state index contributed by atoms with van der Waals surface area (Å²) in [4.78, 5) is 0. The van der Waals surface area contributed by atoms with Crippen molar-refractivity contribution in [3.63, 3.8) is 0 Å². The van der Waals surface area contributed by atoms with Gasteiger partial charge in [-0.25, -0.2) is 0 Å². The summed E-state index contributed by atoms with van der Waals surface area (Å²) >= 11 is 3.47. The van der Waals surface area contributed by atoms with Crippen molar-refractivity contribution in [3.8, 4) is 11.8 Å². The minimum atomic E-state index is 0.325. The number of halogens is 1. The quantitative estimate of drug-likeness (QED) is 0.826. The molecule has 1 unspecified atom stereocenters. The second kappa shape index (κ2) is 5.95. The molecule has 2 heteroatoms. The van der Waals surface area contributed by atoms with Gasteiger partial charge in [-0.1, -0.05) is 22.0 Å². The van der Waals surface area contributed by atoms with E-state index in [0.717, 1.165) is 10.9 Å². The smallest absolute Gasteiger partial charge is 0.0431 e. The van der Waals surface area contributed by atoms with Gasteiger partial charge in [0.2, 0.25) is 0 Å². The molecule has 1 rings (SSSR count). The molecule has 0 aromatic heterocycles. The van der Waals surface area contributed by atoms with E-state index in [4.69, 9.17) is 0 Å². The van der Waals surface area contributed by atoms with Crippen molar-refractivity contribution >= 4 is 15.9 Å². The predicted molar refractivity (Wildman–Crippen MR) is 68.7 cm³/mol. The highest BCUT2D eigenvalue weighted by molar-refractivity contribution is 9.10. The summed E-state index contributed by atoms with van der Waals surface area (Å²) in [7, 11) is 1.98. The molecular weight excluding hydrogens is 250 g/mol. The van der Waals surface area contributed by atoms with Crippen molar-refractivity contribution in [2.75, 3.05) is 7.05 Å². The van der Waals surface area contributed by atoms with E-state index in [0.29, 0.717) is 6.04 Å². The first-order valence-corrected chi connectivity index (χ1v) is 5.81. The molecular formula is C13H16BrN. The maximum atomic E-state index is 3.47. The molecule has 0 heterocycles. The van der Waals surface area contributed by atoms with E-state index in [9.17, 15) is 0 Å². The van der Waals surface area contributed by atoms with Gasteiger partial charge in [0.1, 0.15) is 0 Å². The van der Waals surface area contributed by atoms with Crippen molar-refractivity contribution in [1.29, 1.82) is 0 Å². The van der Waals surface area contributed by atoms with Crippen molar-refractivity contribution in [3.05, 3.63) is 33.8 Å². The molecule has 1 atom stereocenters. The van der Waals surface area contributed by atoms with Crippen LogP contribution in [0.2, 0.25) is 0 Å². The normalized spacial score (nSPS) is 11.7. The zero-order chi connectivity index (χ0) is 11.3. The number of rotatable bonds is 3. The van der Waals surface area contributed by atoms with E-state index in [-0.39, 0.29) is 0 Å². The van der Waals surface area contributed by atoms with E-state index in [1.54, 1.807) is 0 Å². The molecule has 0 saturated carbocycles. The molecule has 0 radical (unpaired) electrons. The fraction of sp³-hybridized carbons (Fsp3) is 0.385. The van der Waals surface area contributed by atoms with Gasteiger partial charge in [-0.2, -0.15) is 0 Å². The average Bonchev–Trinajstić information content (AvgIpc) is 2.21. The summed E-state index contributed by atoms with van der Waals surface area (Å²) in [6, 6.07) is 6.69. The highest BCUT2D eigenvalue weighted by Gasteiger charge is 2.10. The van der Waals surface area contributed by atoms with E-state index >= 15 is 0 Å². The SMILES string of the molecule is CC#CCC(NC)c1ccc(Br)cc1C. The third kappa shape index (κ3) is 3.37. The van der Waals surface area contributed by atoms with Crippen LogP contribution in [0.25, 0.3) is 0 Å². The van der Waals surface area contributed by atoms with Crippen molar-refractivity contribution in [2.45, 2.75) is 26.3 Å². The molecule has 0 saturated heterocycles. The summed E-state index contributed by atoms with van der Waals surface area (Å²) in [6.45, 7) is 4.00. The minimum absolute atomic E-state index is 0.325. The number of aryl methyl sites for hydroxylation is 1. The summed E-state index contributed by atoms with van der Waals surface area (Å²) in [6.07, 6.45) is 0.857. The van der Waals surface area contributed by atoms with Gasteiger partial charge in [-0.15, -0.1) is 11.8 Å². The summed E-state index contributed by atoms with van der Waals surface area (Å²) in [5.41, 5.74) is 2.62. The first-order chi connectivity index (χ1) is 7.19. The fourth-order valence-electron chi connectivity index (χ4n) is 1.60. The largest absolute Gasteiger partial charge is 0.312 e. The van der Waals surface area contributed by atoms with Crippen LogP contribution in [0.3, 0.4) is 0 Å². The lowest BCUT2D eigenvalue weighted by atomic mass is 9.99. The van der Waals surface area contributed by atoms with Crippen molar-refractivity contribution in [2.24, 2.45) is 0 Å². The predicted octanol–water partition coefficient (Wildman–Crippen LogP) is 3.43. The van der Waals surface area contributed by atoms with Crippen molar-refractivity contribution in [1.82, 2.24) is 5.32 Å². The van der Waals surface area contributed by atoms with Gasteiger partial charge in [-0.3, -0.25) is 0 Å². The molecule has 0 fully saturated rings. The lowest BCUT2D eigenvalue weighted by Crippen LogP contribution is -2.16. The van der Waals surface area contributed by atoms with E-state index in [1.807, 2.05) is 14.0 Å². The number of nitrogens with one attached hydrogen (secondary N) is 1. The van der Waals surface area contributed by atoms with Crippen LogP contribution in [0.5, 0.6) is 0 Å². The number of benzene rings is 1. The van der Waals surface area contributed by atoms with Crippen LogP contribution in [-0.2, 0) is 0 Å². The Bertz CT molecular complexity index is 387. The molecule has 0 spiro atoms. The molecule has 15 heavy (non-hydrogen) atoms. The Morgan fingerprint density at radius 3 is 2.73 bits per heavy atom. The molecule has 1 aromatic rings. The van der Waals surface area contributed by atoms with Crippen LogP contribution >= 0.6 is 15.9 Å². The summed E-state index contributed by atoms with van der Waals surface area (Å²) in [5, 5.41) is 3.30. The molecule has 1 N–H and O–H groups in total. The van der Waals surface area contributed by atoms with Gasteiger partial charge < -0.3 is 5.32 Å². The third-order valence-corrected chi connectivity index (χ3v) is 2.93. The van der Waals surface area contributed by atoms with Crippen LogP contribution in [0.4, 0.5) is 0 Å². The van der Waals surface area contributed by atoms with Crippen molar-refractivity contribution < 1.29 is 0 Å². The Hall–Kier alpha value is -0.780. The summed E-state index contributed by atoms with van der Waals surface area (Å²) < 4.78 is 1.13. The van der Waals surface area contributed by atoms with Gasteiger partial charge in [0.15, 0.2) is 0 Å². The van der Waals surface area contributed by atoms with Crippen LogP contribution in [-0.4, -0.2) is 7.05 Å². The second-order valence-electron chi connectivity index (χ2n) is 3.47. The zero-order valence-electron chi connectivity index (χ0n) is 9.39. The zero-order valence-corrected chi connectivity index (χ0v) is 11.0. The monoisotopic (exact) mass is 265 g/mol. The molecule has 1 aromatic carbocycles. The van der Waals surface area contributed by atoms with E-state index < -0.39 is 0 Å². The molecule has 0 amide bonds. The van der Waals surface area contributed by atoms with Gasteiger partial charge in [0.05, 0.1) is 0 Å². The Balaban J connectivity index is 2.94. The molecule has 0 aliphatic rings. The topological polar surface area (TPSA) is 12.0 Å². The van der Waals surface area contributed by atoms with Crippen LogP contribution < -0.4 is 5.32 Å². The standard InChI is InChI=1S/C13H16BrN/c1-4-5-6-13(15-3)12-8-7-11(14)9-10(12)2/h7-9,13,15H,6H2,1-3H3. The second-order valence-corrected chi connectivity index (χ2v) is 4.39. The van der Waals surface area contributed by atoms with Gasteiger partial charge in [0, 0.05) is 16.9 Å². The third-order valence-electron chi connectivity index (χ3n) is 2.44.